The number of benzene rings is 3. The van der Waals surface area contributed by atoms with Crippen molar-refractivity contribution >= 4 is 33.5 Å². The number of hydrogen-bond donors (Lipinski definition) is 0. The molecule has 0 aliphatic heterocycles. The predicted molar refractivity (Wildman–Crippen MR) is 136 cm³/mol. The summed E-state index contributed by atoms with van der Waals surface area (Å²) in [4.78, 5) is 4.61. The van der Waals surface area contributed by atoms with E-state index in [1.54, 1.807) is 30.5 Å². The van der Waals surface area contributed by atoms with Crippen molar-refractivity contribution in [3.8, 4) is 0 Å². The molecule has 0 saturated carbocycles. The first kappa shape index (κ1) is 24.0. The molecule has 1 aromatic heterocycles. The van der Waals surface area contributed by atoms with E-state index < -0.39 is 10.0 Å². The monoisotopic (exact) mass is 492 g/mol. The molecule has 0 atom stereocenters. The second-order valence-corrected chi connectivity index (χ2v) is 10.5. The number of nitrogens with zero attached hydrogens (tertiary/aromatic N) is 2. The van der Waals surface area contributed by atoms with Gasteiger partial charge in [-0.1, -0.05) is 59.1 Å². The first-order chi connectivity index (χ1) is 16.3. The lowest BCUT2D eigenvalue weighted by molar-refractivity contribution is 0.357. The van der Waals surface area contributed by atoms with Crippen molar-refractivity contribution in [1.29, 1.82) is 0 Å². The summed E-state index contributed by atoms with van der Waals surface area (Å²) < 4.78 is 34.3. The Morgan fingerprint density at radius 1 is 0.824 bits per heavy atom. The maximum atomic E-state index is 13.5. The smallest absolute Gasteiger partial charge is 0.243 e. The first-order valence-electron chi connectivity index (χ1n) is 10.8. The first-order valence-corrected chi connectivity index (χ1v) is 12.6. The molecule has 5 nitrogen and oxygen atoms in total. The lowest BCUT2D eigenvalue weighted by Crippen LogP contribution is -2.30. The summed E-state index contributed by atoms with van der Waals surface area (Å²) in [5.41, 5.74) is 3.97. The minimum Gasteiger partial charge on any atom is -0.459 e. The number of rotatable bonds is 8. The summed E-state index contributed by atoms with van der Waals surface area (Å²) in [5, 5.41) is 0.479. The van der Waals surface area contributed by atoms with Gasteiger partial charge >= 0.3 is 0 Å². The molecule has 3 aromatic carbocycles. The molecule has 1 heterocycles. The molecular formula is C27H25ClN2O3S. The Morgan fingerprint density at radius 3 is 2.09 bits per heavy atom. The highest BCUT2D eigenvalue weighted by molar-refractivity contribution is 7.89. The van der Waals surface area contributed by atoms with E-state index in [0.717, 1.165) is 22.4 Å². The lowest BCUT2D eigenvalue weighted by atomic mass is 10.1. The van der Waals surface area contributed by atoms with Gasteiger partial charge in [0.25, 0.3) is 0 Å². The SMILES string of the molecule is Cc1ccc(CN(Cc2ccc(C=Nc3ccc(C)cc3)o2)S(=O)(=O)c2ccc(Cl)cc2)cc1. The van der Waals surface area contributed by atoms with E-state index in [0.29, 0.717) is 16.5 Å². The molecule has 0 radical (unpaired) electrons. The molecule has 0 aliphatic carbocycles. The Labute approximate surface area is 205 Å². The zero-order valence-electron chi connectivity index (χ0n) is 19.0. The van der Waals surface area contributed by atoms with Gasteiger partial charge in [0.15, 0.2) is 0 Å². The van der Waals surface area contributed by atoms with Gasteiger partial charge in [-0.05, 0) is 67.9 Å². The van der Waals surface area contributed by atoms with Gasteiger partial charge in [-0.3, -0.25) is 4.99 Å². The van der Waals surface area contributed by atoms with Crippen LogP contribution in [0.5, 0.6) is 0 Å². The molecule has 0 bridgehead atoms. The normalized spacial score (nSPS) is 12.0. The van der Waals surface area contributed by atoms with Crippen molar-refractivity contribution in [3.63, 3.8) is 0 Å². The van der Waals surface area contributed by atoms with Gasteiger partial charge in [-0.2, -0.15) is 4.31 Å². The van der Waals surface area contributed by atoms with Gasteiger partial charge in [0.2, 0.25) is 10.0 Å². The third-order valence-electron chi connectivity index (χ3n) is 5.32. The van der Waals surface area contributed by atoms with Crippen LogP contribution in [0.1, 0.15) is 28.2 Å². The summed E-state index contributed by atoms with van der Waals surface area (Å²) in [7, 11) is -3.79. The minimum absolute atomic E-state index is 0.0806. The van der Waals surface area contributed by atoms with E-state index in [9.17, 15) is 8.42 Å². The molecule has 34 heavy (non-hydrogen) atoms. The van der Waals surface area contributed by atoms with Crippen LogP contribution < -0.4 is 0 Å². The van der Waals surface area contributed by atoms with E-state index in [1.807, 2.05) is 62.4 Å². The van der Waals surface area contributed by atoms with Crippen LogP contribution in [0, 0.1) is 13.8 Å². The number of halogens is 1. The largest absolute Gasteiger partial charge is 0.459 e. The maximum Gasteiger partial charge on any atom is 0.243 e. The Hall–Kier alpha value is -3.19. The van der Waals surface area contributed by atoms with Crippen LogP contribution in [0.25, 0.3) is 0 Å². The van der Waals surface area contributed by atoms with E-state index in [4.69, 9.17) is 16.0 Å². The molecule has 0 aliphatic rings. The lowest BCUT2D eigenvalue weighted by Gasteiger charge is -2.21. The summed E-state index contributed by atoms with van der Waals surface area (Å²) in [6.07, 6.45) is 1.63. The third kappa shape index (κ3) is 6.03. The topological polar surface area (TPSA) is 62.9 Å². The van der Waals surface area contributed by atoms with E-state index in [1.165, 1.54) is 16.4 Å². The Balaban J connectivity index is 1.58. The molecule has 0 saturated heterocycles. The molecule has 174 valence electrons. The molecule has 0 unspecified atom stereocenters. The molecule has 0 amide bonds. The highest BCUT2D eigenvalue weighted by Crippen LogP contribution is 2.24. The van der Waals surface area contributed by atoms with Gasteiger partial charge in [0.05, 0.1) is 23.3 Å². The number of aliphatic imine (C=N–C) groups is 1. The van der Waals surface area contributed by atoms with Crippen molar-refractivity contribution in [2.45, 2.75) is 31.8 Å². The molecule has 0 N–H and O–H groups in total. The van der Waals surface area contributed by atoms with Crippen LogP contribution in [0.4, 0.5) is 5.69 Å². The zero-order chi connectivity index (χ0) is 24.1. The summed E-state index contributed by atoms with van der Waals surface area (Å²) >= 11 is 5.96. The highest BCUT2D eigenvalue weighted by Gasteiger charge is 2.26. The van der Waals surface area contributed by atoms with Crippen LogP contribution in [0.3, 0.4) is 0 Å². The quantitative estimate of drug-likeness (QED) is 0.257. The second-order valence-electron chi connectivity index (χ2n) is 8.11. The number of sulfonamides is 1. The molecule has 0 fully saturated rings. The third-order valence-corrected chi connectivity index (χ3v) is 7.38. The van der Waals surface area contributed by atoms with Gasteiger partial charge in [-0.25, -0.2) is 8.42 Å². The molecule has 7 heteroatoms. The van der Waals surface area contributed by atoms with Gasteiger partial charge in [0, 0.05) is 11.6 Å². The fraction of sp³-hybridized carbons (Fsp3) is 0.148. The second kappa shape index (κ2) is 10.4. The Morgan fingerprint density at radius 2 is 1.44 bits per heavy atom. The molecule has 4 aromatic rings. The van der Waals surface area contributed by atoms with Crippen LogP contribution in [-0.4, -0.2) is 18.9 Å². The zero-order valence-corrected chi connectivity index (χ0v) is 20.6. The van der Waals surface area contributed by atoms with Crippen LogP contribution in [-0.2, 0) is 23.1 Å². The summed E-state index contributed by atoms with van der Waals surface area (Å²) in [6.45, 7) is 4.30. The van der Waals surface area contributed by atoms with Gasteiger partial charge in [0.1, 0.15) is 11.5 Å². The maximum absolute atomic E-state index is 13.5. The fourth-order valence-electron chi connectivity index (χ4n) is 3.37. The minimum atomic E-state index is -3.79. The van der Waals surface area contributed by atoms with Crippen LogP contribution in [0.15, 0.2) is 99.2 Å². The highest BCUT2D eigenvalue weighted by atomic mass is 35.5. The standard InChI is InChI=1S/C27H25ClN2O3S/c1-20-3-7-22(8-4-20)18-30(34(31,32)27-15-9-23(28)10-16-27)19-26-14-13-25(33-26)17-29-24-11-5-21(2)6-12-24/h3-17H,18-19H2,1-2H3. The van der Waals surface area contributed by atoms with Crippen molar-refractivity contribution in [1.82, 2.24) is 4.31 Å². The number of hydrogen-bond acceptors (Lipinski definition) is 4. The summed E-state index contributed by atoms with van der Waals surface area (Å²) in [6, 6.07) is 25.4. The van der Waals surface area contributed by atoms with Gasteiger partial charge in [-0.15, -0.1) is 0 Å². The fourth-order valence-corrected chi connectivity index (χ4v) is 4.89. The van der Waals surface area contributed by atoms with E-state index in [-0.39, 0.29) is 18.0 Å². The molecular weight excluding hydrogens is 468 g/mol. The predicted octanol–water partition coefficient (Wildman–Crippen LogP) is 6.69. The molecule has 0 spiro atoms. The number of aryl methyl sites for hydroxylation is 2. The Kier molecular flexibility index (Phi) is 7.32. The van der Waals surface area contributed by atoms with E-state index >= 15 is 0 Å². The van der Waals surface area contributed by atoms with Crippen molar-refractivity contribution in [2.24, 2.45) is 4.99 Å². The van der Waals surface area contributed by atoms with Gasteiger partial charge < -0.3 is 4.42 Å². The van der Waals surface area contributed by atoms with Crippen molar-refractivity contribution < 1.29 is 12.8 Å². The summed E-state index contributed by atoms with van der Waals surface area (Å²) in [5.74, 6) is 1.07. The molecule has 4 rings (SSSR count). The van der Waals surface area contributed by atoms with Crippen molar-refractivity contribution in [3.05, 3.63) is 118 Å². The average molecular weight is 493 g/mol. The number of furan rings is 1. The van der Waals surface area contributed by atoms with Crippen LogP contribution >= 0.6 is 11.6 Å². The van der Waals surface area contributed by atoms with Crippen LogP contribution in [0.2, 0.25) is 5.02 Å². The van der Waals surface area contributed by atoms with Crippen molar-refractivity contribution in [2.75, 3.05) is 0 Å². The van der Waals surface area contributed by atoms with E-state index in [2.05, 4.69) is 4.99 Å². The Bertz CT molecular complexity index is 1380. The average Bonchev–Trinajstić information content (AvgIpc) is 3.27.